The predicted octanol–water partition coefficient (Wildman–Crippen LogP) is 6.88. The third-order valence-corrected chi connectivity index (χ3v) is 6.11. The minimum absolute atomic E-state index is 0.0679. The van der Waals surface area contributed by atoms with Gasteiger partial charge in [-0.15, -0.1) is 0 Å². The number of nitrogens with one attached hydrogen (secondary N) is 2. The maximum absolute atomic E-state index is 12.6. The molecule has 0 spiro atoms. The molecule has 0 aliphatic heterocycles. The van der Waals surface area contributed by atoms with E-state index in [-0.39, 0.29) is 5.91 Å². The number of rotatable bonds is 12. The highest BCUT2D eigenvalue weighted by atomic mass is 16.1. The van der Waals surface area contributed by atoms with Gasteiger partial charge in [0.1, 0.15) is 0 Å². The fourth-order valence-corrected chi connectivity index (χ4v) is 4.15. The van der Waals surface area contributed by atoms with Crippen molar-refractivity contribution < 1.29 is 4.79 Å². The molecule has 1 amide bonds. The van der Waals surface area contributed by atoms with Gasteiger partial charge in [-0.1, -0.05) is 93.6 Å². The molecule has 0 saturated heterocycles. The summed E-state index contributed by atoms with van der Waals surface area (Å²) in [6, 6.07) is 24.8. The number of benzene rings is 3. The van der Waals surface area contributed by atoms with Crippen LogP contribution in [0.5, 0.6) is 0 Å². The smallest absolute Gasteiger partial charge is 0.251 e. The van der Waals surface area contributed by atoms with Crippen molar-refractivity contribution in [3.8, 4) is 17.2 Å². The Labute approximate surface area is 203 Å². The summed E-state index contributed by atoms with van der Waals surface area (Å²) in [5, 5.41) is 12.8. The summed E-state index contributed by atoms with van der Waals surface area (Å²) in [4.78, 5) is 12.6. The number of hydrogen-bond donors (Lipinski definition) is 1. The summed E-state index contributed by atoms with van der Waals surface area (Å²) >= 11 is 0. The van der Waals surface area contributed by atoms with E-state index in [2.05, 4.69) is 18.3 Å². The van der Waals surface area contributed by atoms with E-state index in [9.17, 15) is 10.1 Å². The zero-order valence-electron chi connectivity index (χ0n) is 20.0. The zero-order valence-corrected chi connectivity index (χ0v) is 20.0. The molecule has 3 aromatic carbocycles. The van der Waals surface area contributed by atoms with Gasteiger partial charge >= 0.3 is 0 Å². The number of carbonyl (C=O) groups excluding carboxylic acids is 1. The lowest BCUT2D eigenvalue weighted by atomic mass is 9.92. The van der Waals surface area contributed by atoms with E-state index in [0.717, 1.165) is 35.1 Å². The van der Waals surface area contributed by atoms with Crippen LogP contribution in [0.2, 0.25) is 0 Å². The number of unbranched alkanes of at least 4 members (excludes halogenated alkanes) is 5. The van der Waals surface area contributed by atoms with Crippen LogP contribution < -0.4 is 11.1 Å². The molecule has 175 valence electrons. The first kappa shape index (κ1) is 25.2. The van der Waals surface area contributed by atoms with Gasteiger partial charge in [0.2, 0.25) is 0 Å². The summed E-state index contributed by atoms with van der Waals surface area (Å²) < 4.78 is 0. The molecule has 1 unspecified atom stereocenters. The van der Waals surface area contributed by atoms with Crippen LogP contribution in [-0.2, 0) is 6.42 Å². The lowest BCUT2D eigenvalue weighted by Gasteiger charge is -2.14. The van der Waals surface area contributed by atoms with Crippen molar-refractivity contribution in [3.05, 3.63) is 95.1 Å². The summed E-state index contributed by atoms with van der Waals surface area (Å²) in [7, 11) is 0. The molecule has 0 aromatic heterocycles. The molecule has 0 saturated carbocycles. The molecule has 2 N–H and O–H groups in total. The van der Waals surface area contributed by atoms with Crippen molar-refractivity contribution in [1.29, 1.82) is 5.26 Å². The average molecular weight is 453 g/mol. The Kier molecular flexibility index (Phi) is 9.88. The normalized spacial score (nSPS) is 11.6. The van der Waals surface area contributed by atoms with Gasteiger partial charge in [-0.05, 0) is 53.3 Å². The summed E-state index contributed by atoms with van der Waals surface area (Å²) in [5.41, 5.74) is 13.3. The first-order chi connectivity index (χ1) is 16.6. The van der Waals surface area contributed by atoms with Crippen LogP contribution in [-0.4, -0.2) is 12.5 Å². The van der Waals surface area contributed by atoms with Gasteiger partial charge in [0.15, 0.2) is 0 Å². The van der Waals surface area contributed by atoms with Crippen LogP contribution in [0.1, 0.15) is 78.5 Å². The second-order valence-electron chi connectivity index (χ2n) is 8.76. The van der Waals surface area contributed by atoms with E-state index in [1.165, 1.54) is 25.7 Å². The van der Waals surface area contributed by atoms with Crippen molar-refractivity contribution in [1.82, 2.24) is 11.1 Å². The highest BCUT2D eigenvalue weighted by Gasteiger charge is 2.14. The number of hydrogen-bond acceptors (Lipinski definition) is 2. The first-order valence-electron chi connectivity index (χ1n) is 12.3. The molecule has 34 heavy (non-hydrogen) atoms. The Morgan fingerprint density at radius 1 is 0.912 bits per heavy atom. The Morgan fingerprint density at radius 3 is 2.41 bits per heavy atom. The van der Waals surface area contributed by atoms with Crippen molar-refractivity contribution in [2.24, 2.45) is 0 Å². The predicted molar refractivity (Wildman–Crippen MR) is 138 cm³/mol. The minimum Gasteiger partial charge on any atom is -0.352 e. The largest absolute Gasteiger partial charge is 0.352 e. The van der Waals surface area contributed by atoms with E-state index >= 15 is 0 Å². The van der Waals surface area contributed by atoms with Crippen molar-refractivity contribution >= 4 is 5.91 Å². The summed E-state index contributed by atoms with van der Waals surface area (Å²) in [6.45, 7) is 2.90. The van der Waals surface area contributed by atoms with Gasteiger partial charge < -0.3 is 5.32 Å². The standard InChI is InChI=1S/C30H34N3O/c1-2-3-4-5-6-10-18-33-30(34)26-15-11-14-24(20-26)25-16-17-28(27(21-25)22-31)29(32)19-23-12-8-7-9-13-23/h7-9,11-17,20-21,29,32H,2-6,10,18-19H2,1H3,(H,33,34). The van der Waals surface area contributed by atoms with Gasteiger partial charge in [-0.2, -0.15) is 5.26 Å². The number of carbonyl (C=O) groups is 1. The lowest BCUT2D eigenvalue weighted by molar-refractivity contribution is 0.0953. The van der Waals surface area contributed by atoms with E-state index in [1.807, 2.05) is 72.8 Å². The minimum atomic E-state index is -0.509. The second-order valence-corrected chi connectivity index (χ2v) is 8.76. The molecule has 4 nitrogen and oxygen atoms in total. The quantitative estimate of drug-likeness (QED) is 0.304. The number of amides is 1. The summed E-state index contributed by atoms with van der Waals surface area (Å²) in [5.74, 6) is -0.0679. The first-order valence-corrected chi connectivity index (χ1v) is 12.3. The van der Waals surface area contributed by atoms with Crippen LogP contribution >= 0.6 is 0 Å². The lowest BCUT2D eigenvalue weighted by Crippen LogP contribution is -2.24. The van der Waals surface area contributed by atoms with Crippen LogP contribution in [0, 0.1) is 11.3 Å². The SMILES string of the molecule is CCCCCCCCNC(=O)c1cccc(-c2ccc(C([NH])Cc3ccccc3)c(C#N)c2)c1. The molecule has 3 rings (SSSR count). The van der Waals surface area contributed by atoms with Gasteiger partial charge in [0.25, 0.3) is 5.91 Å². The Balaban J connectivity index is 1.65. The Hall–Kier alpha value is -3.42. The molecule has 3 aromatic rings. The third kappa shape index (κ3) is 7.30. The Bertz CT molecular complexity index is 1100. The maximum atomic E-state index is 12.6. The zero-order chi connectivity index (χ0) is 24.2. The molecular formula is C30H34N3O. The number of nitrogens with zero attached hydrogens (tertiary/aromatic N) is 1. The van der Waals surface area contributed by atoms with Crippen LogP contribution in [0.25, 0.3) is 11.1 Å². The molecule has 1 radical (unpaired) electrons. The van der Waals surface area contributed by atoms with Gasteiger partial charge in [0.05, 0.1) is 17.7 Å². The van der Waals surface area contributed by atoms with Gasteiger partial charge in [-0.25, -0.2) is 5.73 Å². The van der Waals surface area contributed by atoms with Crippen LogP contribution in [0.15, 0.2) is 72.8 Å². The molecule has 0 aliphatic carbocycles. The molecule has 0 bridgehead atoms. The molecule has 0 heterocycles. The maximum Gasteiger partial charge on any atom is 0.251 e. The molecular weight excluding hydrogens is 418 g/mol. The third-order valence-electron chi connectivity index (χ3n) is 6.11. The van der Waals surface area contributed by atoms with Crippen molar-refractivity contribution in [2.45, 2.75) is 57.9 Å². The molecule has 4 heteroatoms. The van der Waals surface area contributed by atoms with Crippen molar-refractivity contribution in [3.63, 3.8) is 0 Å². The van der Waals surface area contributed by atoms with E-state index in [1.54, 1.807) is 0 Å². The molecule has 1 atom stereocenters. The topological polar surface area (TPSA) is 76.7 Å². The van der Waals surface area contributed by atoms with Crippen LogP contribution in [0.3, 0.4) is 0 Å². The number of nitriles is 1. The highest BCUT2D eigenvalue weighted by molar-refractivity contribution is 5.95. The fraction of sp³-hybridized carbons (Fsp3) is 0.333. The monoisotopic (exact) mass is 452 g/mol. The summed E-state index contributed by atoms with van der Waals surface area (Å²) in [6.07, 6.45) is 7.71. The average Bonchev–Trinajstić information content (AvgIpc) is 2.88. The van der Waals surface area contributed by atoms with Crippen LogP contribution in [0.4, 0.5) is 0 Å². The van der Waals surface area contributed by atoms with E-state index in [4.69, 9.17) is 5.73 Å². The highest BCUT2D eigenvalue weighted by Crippen LogP contribution is 2.27. The van der Waals surface area contributed by atoms with Gasteiger partial charge in [-0.3, -0.25) is 4.79 Å². The fourth-order valence-electron chi connectivity index (χ4n) is 4.15. The van der Waals surface area contributed by atoms with E-state index in [0.29, 0.717) is 24.1 Å². The van der Waals surface area contributed by atoms with Gasteiger partial charge in [0, 0.05) is 12.1 Å². The molecule has 0 fully saturated rings. The van der Waals surface area contributed by atoms with Crippen molar-refractivity contribution in [2.75, 3.05) is 6.54 Å². The second kappa shape index (κ2) is 13.3. The molecule has 0 aliphatic rings. The Morgan fingerprint density at radius 2 is 1.65 bits per heavy atom. The van der Waals surface area contributed by atoms with E-state index < -0.39 is 6.04 Å².